The Hall–Kier alpha value is -1.06. The van der Waals surface area contributed by atoms with E-state index in [0.29, 0.717) is 11.6 Å². The Labute approximate surface area is 112 Å². The monoisotopic (exact) mass is 314 g/mol. The molecule has 2 aromatic rings. The molecule has 0 fully saturated rings. The summed E-state index contributed by atoms with van der Waals surface area (Å²) in [7, 11) is 0. The van der Waals surface area contributed by atoms with Crippen LogP contribution in [-0.2, 0) is 5.88 Å². The maximum Gasteiger partial charge on any atom is 0.165 e. The van der Waals surface area contributed by atoms with Gasteiger partial charge in [-0.1, -0.05) is 34.1 Å². The molecule has 0 unspecified atom stereocenters. The predicted octanol–water partition coefficient (Wildman–Crippen LogP) is 5.12. The van der Waals surface area contributed by atoms with Crippen molar-refractivity contribution in [2.75, 3.05) is 0 Å². The molecule has 0 atom stereocenters. The fourth-order valence-corrected chi connectivity index (χ4v) is 1.95. The lowest BCUT2D eigenvalue weighted by Crippen LogP contribution is -1.91. The van der Waals surface area contributed by atoms with E-state index in [1.165, 1.54) is 6.07 Å². The summed E-state index contributed by atoms with van der Waals surface area (Å²) in [4.78, 5) is 0. The number of ether oxygens (including phenoxy) is 1. The van der Waals surface area contributed by atoms with Gasteiger partial charge >= 0.3 is 0 Å². The van der Waals surface area contributed by atoms with E-state index in [1.54, 1.807) is 18.2 Å². The van der Waals surface area contributed by atoms with Gasteiger partial charge in [-0.15, -0.1) is 11.6 Å². The molecule has 4 heteroatoms. The van der Waals surface area contributed by atoms with Crippen LogP contribution in [0.15, 0.2) is 46.9 Å². The maximum absolute atomic E-state index is 13.5. The van der Waals surface area contributed by atoms with Gasteiger partial charge in [0.05, 0.1) is 5.88 Å². The summed E-state index contributed by atoms with van der Waals surface area (Å²) in [6.45, 7) is 0. The van der Waals surface area contributed by atoms with Crippen LogP contribution in [0.4, 0.5) is 4.39 Å². The molecule has 2 aromatic carbocycles. The van der Waals surface area contributed by atoms with E-state index < -0.39 is 5.82 Å². The van der Waals surface area contributed by atoms with E-state index in [1.807, 2.05) is 18.2 Å². The van der Waals surface area contributed by atoms with Crippen molar-refractivity contribution >= 4 is 27.5 Å². The molecule has 88 valence electrons. The van der Waals surface area contributed by atoms with E-state index in [4.69, 9.17) is 16.3 Å². The van der Waals surface area contributed by atoms with E-state index in [0.717, 1.165) is 10.0 Å². The number of hydrogen-bond donors (Lipinski definition) is 0. The first kappa shape index (κ1) is 12.4. The number of alkyl halides is 1. The van der Waals surface area contributed by atoms with Crippen molar-refractivity contribution in [3.63, 3.8) is 0 Å². The van der Waals surface area contributed by atoms with Gasteiger partial charge < -0.3 is 4.74 Å². The van der Waals surface area contributed by atoms with Gasteiger partial charge in [0.2, 0.25) is 0 Å². The fraction of sp³-hybridized carbons (Fsp3) is 0.0769. The molecule has 2 rings (SSSR count). The molecule has 0 aromatic heterocycles. The standard InChI is InChI=1S/C13H9BrClFO/c14-10-5-6-11(16)13(7-10)17-12-4-2-1-3-9(12)8-15/h1-7H,8H2. The second-order valence-corrected chi connectivity index (χ2v) is 4.60. The molecule has 0 aliphatic rings. The second-order valence-electron chi connectivity index (χ2n) is 3.42. The topological polar surface area (TPSA) is 9.23 Å². The van der Waals surface area contributed by atoms with Gasteiger partial charge in [-0.2, -0.15) is 0 Å². The van der Waals surface area contributed by atoms with Crippen molar-refractivity contribution in [3.8, 4) is 11.5 Å². The lowest BCUT2D eigenvalue weighted by Gasteiger charge is -2.10. The molecule has 0 bridgehead atoms. The SMILES string of the molecule is Fc1ccc(Br)cc1Oc1ccccc1CCl. The van der Waals surface area contributed by atoms with Crippen molar-refractivity contribution in [1.82, 2.24) is 0 Å². The van der Waals surface area contributed by atoms with Gasteiger partial charge in [0.15, 0.2) is 11.6 Å². The van der Waals surface area contributed by atoms with Crippen LogP contribution in [0.25, 0.3) is 0 Å². The number of rotatable bonds is 3. The molecular weight excluding hydrogens is 306 g/mol. The van der Waals surface area contributed by atoms with Crippen LogP contribution in [-0.4, -0.2) is 0 Å². The Morgan fingerprint density at radius 1 is 1.12 bits per heavy atom. The minimum Gasteiger partial charge on any atom is -0.454 e. The largest absolute Gasteiger partial charge is 0.454 e. The lowest BCUT2D eigenvalue weighted by molar-refractivity contribution is 0.439. The molecule has 0 aliphatic heterocycles. The molecular formula is C13H9BrClFO. The zero-order chi connectivity index (χ0) is 12.3. The third kappa shape index (κ3) is 2.99. The summed E-state index contributed by atoms with van der Waals surface area (Å²) in [5.41, 5.74) is 0.827. The summed E-state index contributed by atoms with van der Waals surface area (Å²) in [5, 5.41) is 0. The van der Waals surface area contributed by atoms with Crippen molar-refractivity contribution < 1.29 is 9.13 Å². The minimum absolute atomic E-state index is 0.178. The highest BCUT2D eigenvalue weighted by molar-refractivity contribution is 9.10. The minimum atomic E-state index is -0.405. The van der Waals surface area contributed by atoms with Gasteiger partial charge in [-0.3, -0.25) is 0 Å². The normalized spacial score (nSPS) is 10.3. The lowest BCUT2D eigenvalue weighted by atomic mass is 10.2. The van der Waals surface area contributed by atoms with E-state index >= 15 is 0 Å². The molecule has 0 spiro atoms. The molecule has 1 nitrogen and oxygen atoms in total. The quantitative estimate of drug-likeness (QED) is 0.714. The zero-order valence-corrected chi connectivity index (χ0v) is 11.1. The molecule has 0 aliphatic carbocycles. The van der Waals surface area contributed by atoms with Crippen LogP contribution in [0.1, 0.15) is 5.56 Å². The van der Waals surface area contributed by atoms with Gasteiger partial charge in [0.25, 0.3) is 0 Å². The van der Waals surface area contributed by atoms with Crippen molar-refractivity contribution in [2.45, 2.75) is 5.88 Å². The third-order valence-electron chi connectivity index (χ3n) is 2.23. The maximum atomic E-state index is 13.5. The summed E-state index contributed by atoms with van der Waals surface area (Å²) < 4.78 is 19.8. The first-order valence-corrected chi connectivity index (χ1v) is 6.30. The van der Waals surface area contributed by atoms with Crippen LogP contribution in [0.3, 0.4) is 0 Å². The molecule has 0 N–H and O–H groups in total. The average molecular weight is 316 g/mol. The zero-order valence-electron chi connectivity index (χ0n) is 8.79. The van der Waals surface area contributed by atoms with E-state index in [9.17, 15) is 4.39 Å². The second kappa shape index (κ2) is 5.52. The molecule has 0 saturated heterocycles. The van der Waals surface area contributed by atoms with Crippen LogP contribution < -0.4 is 4.74 Å². The number of hydrogen-bond acceptors (Lipinski definition) is 1. The average Bonchev–Trinajstić information content (AvgIpc) is 2.34. The van der Waals surface area contributed by atoms with Crippen LogP contribution in [0, 0.1) is 5.82 Å². The number of halogens is 3. The Balaban J connectivity index is 2.34. The Bertz CT molecular complexity index is 531. The van der Waals surface area contributed by atoms with Crippen molar-refractivity contribution in [1.29, 1.82) is 0 Å². The van der Waals surface area contributed by atoms with Gasteiger partial charge in [-0.25, -0.2) is 4.39 Å². The number of benzene rings is 2. The highest BCUT2D eigenvalue weighted by Gasteiger charge is 2.08. The molecule has 17 heavy (non-hydrogen) atoms. The first-order valence-electron chi connectivity index (χ1n) is 4.97. The van der Waals surface area contributed by atoms with Crippen LogP contribution in [0.5, 0.6) is 11.5 Å². The summed E-state index contributed by atoms with van der Waals surface area (Å²) in [6.07, 6.45) is 0. The Morgan fingerprint density at radius 2 is 1.88 bits per heavy atom. The molecule has 0 heterocycles. The fourth-order valence-electron chi connectivity index (χ4n) is 1.39. The van der Waals surface area contributed by atoms with Gasteiger partial charge in [0, 0.05) is 10.0 Å². The highest BCUT2D eigenvalue weighted by Crippen LogP contribution is 2.30. The molecule has 0 saturated carbocycles. The van der Waals surface area contributed by atoms with E-state index in [-0.39, 0.29) is 5.75 Å². The highest BCUT2D eigenvalue weighted by atomic mass is 79.9. The van der Waals surface area contributed by atoms with Crippen molar-refractivity contribution in [3.05, 3.63) is 58.3 Å². The van der Waals surface area contributed by atoms with Gasteiger partial charge in [-0.05, 0) is 24.3 Å². The smallest absolute Gasteiger partial charge is 0.165 e. The van der Waals surface area contributed by atoms with Crippen LogP contribution in [0.2, 0.25) is 0 Å². The summed E-state index contributed by atoms with van der Waals surface area (Å²) in [5.74, 6) is 0.667. The van der Waals surface area contributed by atoms with Crippen molar-refractivity contribution in [2.24, 2.45) is 0 Å². The third-order valence-corrected chi connectivity index (χ3v) is 3.01. The Kier molecular flexibility index (Phi) is 4.02. The molecule has 0 radical (unpaired) electrons. The number of para-hydroxylation sites is 1. The predicted molar refractivity (Wildman–Crippen MR) is 70.2 cm³/mol. The first-order chi connectivity index (χ1) is 8.20. The Morgan fingerprint density at radius 3 is 2.65 bits per heavy atom. The molecule has 0 amide bonds. The summed E-state index contributed by atoms with van der Waals surface area (Å²) in [6, 6.07) is 11.8. The van der Waals surface area contributed by atoms with Crippen LogP contribution >= 0.6 is 27.5 Å². The summed E-state index contributed by atoms with van der Waals surface area (Å²) >= 11 is 9.06. The van der Waals surface area contributed by atoms with Gasteiger partial charge in [0.1, 0.15) is 5.75 Å². The van der Waals surface area contributed by atoms with E-state index in [2.05, 4.69) is 15.9 Å².